The molecule has 53 heavy (non-hydrogen) atoms. The third kappa shape index (κ3) is 9.75. The van der Waals surface area contributed by atoms with Crippen LogP contribution in [0.3, 0.4) is 0 Å². The van der Waals surface area contributed by atoms with Gasteiger partial charge in [0.25, 0.3) is 5.91 Å². The molecule has 3 aliphatic carbocycles. The summed E-state index contributed by atoms with van der Waals surface area (Å²) in [6.07, 6.45) is 16.5. The van der Waals surface area contributed by atoms with E-state index in [0.29, 0.717) is 49.3 Å². The smallest absolute Gasteiger partial charge is 0.311 e. The quantitative estimate of drug-likeness (QED) is 0.139. The van der Waals surface area contributed by atoms with Crippen molar-refractivity contribution in [2.45, 2.75) is 116 Å². The number of carbonyl (C=O) groups excluding carboxylic acids is 3. The lowest BCUT2D eigenvalue weighted by atomic mass is 9.66. The molecule has 10 nitrogen and oxygen atoms in total. The van der Waals surface area contributed by atoms with Crippen molar-refractivity contribution in [3.8, 4) is 5.75 Å². The zero-order valence-electron chi connectivity index (χ0n) is 32.7. The highest BCUT2D eigenvalue weighted by Crippen LogP contribution is 2.49. The van der Waals surface area contributed by atoms with Gasteiger partial charge in [-0.1, -0.05) is 25.2 Å². The fraction of sp³-hybridized carbons (Fsp3) is 0.628. The second-order valence-electron chi connectivity index (χ2n) is 15.8. The van der Waals surface area contributed by atoms with Gasteiger partial charge in [-0.25, -0.2) is 4.99 Å². The van der Waals surface area contributed by atoms with E-state index in [1.807, 2.05) is 32.1 Å². The molecule has 7 unspecified atom stereocenters. The predicted molar refractivity (Wildman–Crippen MR) is 203 cm³/mol. The van der Waals surface area contributed by atoms with E-state index in [0.717, 1.165) is 44.1 Å². The Morgan fingerprint density at radius 3 is 2.00 bits per heavy atom. The van der Waals surface area contributed by atoms with Crippen LogP contribution in [0.2, 0.25) is 0 Å². The molecule has 1 aliphatic heterocycles. The van der Waals surface area contributed by atoms with Gasteiger partial charge < -0.3 is 28.4 Å². The van der Waals surface area contributed by atoms with Crippen LogP contribution in [0.4, 0.5) is 0 Å². The van der Waals surface area contributed by atoms with Crippen molar-refractivity contribution in [1.82, 2.24) is 0 Å². The third-order valence-electron chi connectivity index (χ3n) is 11.7. The number of hydrogen-bond donors (Lipinski definition) is 0. The Kier molecular flexibility index (Phi) is 13.9. The van der Waals surface area contributed by atoms with Crippen LogP contribution in [0.5, 0.6) is 5.75 Å². The van der Waals surface area contributed by atoms with E-state index < -0.39 is 10.8 Å². The maximum Gasteiger partial charge on any atom is 0.311 e. The van der Waals surface area contributed by atoms with Gasteiger partial charge in [0.1, 0.15) is 5.75 Å². The minimum absolute atomic E-state index is 0.0701. The van der Waals surface area contributed by atoms with Crippen molar-refractivity contribution in [2.24, 2.45) is 27.7 Å². The van der Waals surface area contributed by atoms with Crippen molar-refractivity contribution in [3.05, 3.63) is 65.3 Å². The van der Waals surface area contributed by atoms with Crippen molar-refractivity contribution in [1.29, 1.82) is 0 Å². The molecule has 0 aromatic heterocycles. The molecule has 3 fully saturated rings. The van der Waals surface area contributed by atoms with E-state index >= 15 is 0 Å². The first-order chi connectivity index (χ1) is 25.4. The molecule has 0 spiro atoms. The summed E-state index contributed by atoms with van der Waals surface area (Å²) in [7, 11) is 4.92. The maximum absolute atomic E-state index is 13.6. The number of fused-ring (bicyclic) bond motifs is 2. The highest BCUT2D eigenvalue weighted by atomic mass is 16.5. The van der Waals surface area contributed by atoms with E-state index in [4.69, 9.17) is 28.4 Å². The monoisotopic (exact) mass is 733 g/mol. The number of amides is 1. The molecule has 1 amide bonds. The Bertz CT molecular complexity index is 1540. The fourth-order valence-electron chi connectivity index (χ4n) is 8.61. The molecule has 0 bridgehead atoms. The lowest BCUT2D eigenvalue weighted by molar-refractivity contribution is -0.162. The summed E-state index contributed by atoms with van der Waals surface area (Å²) in [6, 6.07) is 7.07. The van der Waals surface area contributed by atoms with Crippen LogP contribution in [-0.2, 0) is 33.3 Å². The largest absolute Gasteiger partial charge is 0.494 e. The number of benzene rings is 1. The van der Waals surface area contributed by atoms with Crippen LogP contribution in [0.25, 0.3) is 0 Å². The number of carbonyl (C=O) groups is 3. The Morgan fingerprint density at radius 2 is 1.42 bits per heavy atom. The number of hydrogen-bond acceptors (Lipinski definition) is 9. The zero-order chi connectivity index (χ0) is 38.2. The minimum atomic E-state index is -0.795. The van der Waals surface area contributed by atoms with Crippen LogP contribution >= 0.6 is 0 Å². The molecular formula is C43H59NO9. The van der Waals surface area contributed by atoms with Crippen molar-refractivity contribution in [2.75, 3.05) is 34.5 Å². The predicted octanol–water partition coefficient (Wildman–Crippen LogP) is 7.80. The van der Waals surface area contributed by atoms with Crippen molar-refractivity contribution < 1.29 is 42.8 Å². The normalized spacial score (nSPS) is 27.4. The average Bonchev–Trinajstić information content (AvgIpc) is 3.17. The van der Waals surface area contributed by atoms with Crippen LogP contribution in [0.1, 0.15) is 102 Å². The molecular weight excluding hydrogens is 674 g/mol. The lowest BCUT2D eigenvalue weighted by Crippen LogP contribution is -2.50. The summed E-state index contributed by atoms with van der Waals surface area (Å²) in [4.78, 5) is 43.4. The van der Waals surface area contributed by atoms with E-state index in [9.17, 15) is 14.4 Å². The zero-order valence-corrected chi connectivity index (χ0v) is 32.7. The fourth-order valence-corrected chi connectivity index (χ4v) is 8.61. The molecule has 5 rings (SSSR count). The number of ether oxygens (including phenoxy) is 6. The Hall–Kier alpha value is -3.60. The summed E-state index contributed by atoms with van der Waals surface area (Å²) in [6.45, 7) is 8.03. The van der Waals surface area contributed by atoms with E-state index in [1.54, 1.807) is 52.3 Å². The van der Waals surface area contributed by atoms with E-state index in [-0.39, 0.29) is 60.7 Å². The summed E-state index contributed by atoms with van der Waals surface area (Å²) in [5.41, 5.74) is 2.03. The maximum atomic E-state index is 13.6. The molecule has 1 aromatic rings. The van der Waals surface area contributed by atoms with E-state index in [2.05, 4.69) is 11.1 Å². The van der Waals surface area contributed by atoms with Crippen LogP contribution < -0.4 is 4.74 Å². The van der Waals surface area contributed by atoms with Gasteiger partial charge in [-0.15, -0.1) is 0 Å². The summed E-state index contributed by atoms with van der Waals surface area (Å²) >= 11 is 0. The number of esters is 2. The van der Waals surface area contributed by atoms with Crippen LogP contribution in [0.15, 0.2) is 64.7 Å². The Morgan fingerprint density at radius 1 is 0.811 bits per heavy atom. The number of allylic oxidation sites excluding steroid dienone is 5. The van der Waals surface area contributed by atoms with Gasteiger partial charge in [0.05, 0.1) is 61.3 Å². The standard InChI is InChI=1S/C43H59NO9/c1-8-43(4,27-42(2,3)40(46)50-7)41(47)52-24-12-11-23-51-29-17-15-28(16-18-29)39(45)44-35-14-10-9-13-32(35)38-33-21-19-30(48-5)25-36(33)53-37-26-31(49-6)20-22-34(37)38/h9-10,13-18,30-31,33-34,36-37H,8,11-12,19-27H2,1-7H3. The van der Waals surface area contributed by atoms with Gasteiger partial charge in [-0.05, 0) is 108 Å². The summed E-state index contributed by atoms with van der Waals surface area (Å²) in [5.74, 6) is 0.218. The highest BCUT2D eigenvalue weighted by Gasteiger charge is 2.48. The SMILES string of the molecule is CCC(C)(CC(C)(C)C(=O)OC)C(=O)OCCCCOc1ccc(C(=O)N=C2C=CC=CC2=C2C3CCC(OC)CC3OC3CC(OC)CCC23)cc1. The molecule has 4 aliphatic rings. The van der Waals surface area contributed by atoms with Gasteiger partial charge in [0.2, 0.25) is 0 Å². The summed E-state index contributed by atoms with van der Waals surface area (Å²) < 4.78 is 34.7. The first kappa shape index (κ1) is 40.6. The first-order valence-electron chi connectivity index (χ1n) is 19.3. The van der Waals surface area contributed by atoms with Crippen molar-refractivity contribution >= 4 is 23.6 Å². The number of aliphatic imine (C=N–C) groups is 1. The van der Waals surface area contributed by atoms with E-state index in [1.165, 1.54) is 12.7 Å². The number of rotatable bonds is 14. The third-order valence-corrected chi connectivity index (χ3v) is 11.7. The number of unbranched alkanes of at least 4 members (excludes halogenated alkanes) is 1. The molecule has 10 heteroatoms. The highest BCUT2D eigenvalue weighted by molar-refractivity contribution is 6.18. The molecule has 0 radical (unpaired) electrons. The van der Waals surface area contributed by atoms with Crippen LogP contribution in [0, 0.1) is 22.7 Å². The van der Waals surface area contributed by atoms with Gasteiger partial charge >= 0.3 is 11.9 Å². The average molecular weight is 734 g/mol. The number of nitrogens with zero attached hydrogens (tertiary/aromatic N) is 1. The van der Waals surface area contributed by atoms with Gasteiger partial charge in [0.15, 0.2) is 0 Å². The second-order valence-corrected chi connectivity index (χ2v) is 15.8. The molecule has 2 saturated carbocycles. The first-order valence-corrected chi connectivity index (χ1v) is 19.3. The molecule has 7 atom stereocenters. The van der Waals surface area contributed by atoms with Gasteiger partial charge in [-0.2, -0.15) is 0 Å². The molecule has 290 valence electrons. The Labute approximate surface area is 315 Å². The van der Waals surface area contributed by atoms with Gasteiger partial charge in [-0.3, -0.25) is 14.4 Å². The summed E-state index contributed by atoms with van der Waals surface area (Å²) in [5, 5.41) is 0. The molecule has 1 aromatic carbocycles. The van der Waals surface area contributed by atoms with Crippen LogP contribution in [-0.4, -0.2) is 82.5 Å². The molecule has 1 saturated heterocycles. The second kappa shape index (κ2) is 18.2. The molecule has 0 N–H and O–H groups in total. The topological polar surface area (TPSA) is 119 Å². The minimum Gasteiger partial charge on any atom is -0.494 e. The lowest BCUT2D eigenvalue weighted by Gasteiger charge is -2.50. The molecule has 1 heterocycles. The van der Waals surface area contributed by atoms with Crippen molar-refractivity contribution in [3.63, 3.8) is 0 Å². The van der Waals surface area contributed by atoms with Gasteiger partial charge in [0, 0.05) is 50.0 Å². The number of methoxy groups -OCH3 is 3. The Balaban J connectivity index is 1.18.